The number of thiophene rings is 1. The van der Waals surface area contributed by atoms with Crippen molar-refractivity contribution in [1.29, 1.82) is 5.26 Å². The van der Waals surface area contributed by atoms with Gasteiger partial charge < -0.3 is 10.1 Å². The van der Waals surface area contributed by atoms with Crippen molar-refractivity contribution in [3.63, 3.8) is 0 Å². The summed E-state index contributed by atoms with van der Waals surface area (Å²) in [5.41, 5.74) is 1.43. The first-order chi connectivity index (χ1) is 12.0. The molecule has 132 valence electrons. The minimum Gasteiger partial charge on any atom is -0.379 e. The van der Waals surface area contributed by atoms with Crippen molar-refractivity contribution in [3.8, 4) is 6.07 Å². The predicted molar refractivity (Wildman–Crippen MR) is 100 cm³/mol. The number of anilines is 1. The van der Waals surface area contributed by atoms with E-state index < -0.39 is 10.0 Å². The van der Waals surface area contributed by atoms with Crippen LogP contribution >= 0.6 is 27.3 Å². The Balaban J connectivity index is 1.69. The van der Waals surface area contributed by atoms with Gasteiger partial charge >= 0.3 is 0 Å². The second-order valence-electron chi connectivity index (χ2n) is 5.40. The first-order valence-electron chi connectivity index (χ1n) is 7.61. The van der Waals surface area contributed by atoms with E-state index in [2.05, 4.69) is 27.3 Å². The van der Waals surface area contributed by atoms with Crippen LogP contribution in [0.25, 0.3) is 0 Å². The van der Waals surface area contributed by atoms with Gasteiger partial charge in [0.1, 0.15) is 4.21 Å². The minimum absolute atomic E-state index is 0.352. The maximum absolute atomic E-state index is 12.6. The highest BCUT2D eigenvalue weighted by Gasteiger charge is 2.27. The molecule has 0 atom stereocenters. The molecule has 1 aliphatic rings. The molecule has 0 saturated carbocycles. The number of nitrogens with zero attached hydrogens (tertiary/aromatic N) is 2. The maximum Gasteiger partial charge on any atom is 0.252 e. The molecule has 1 N–H and O–H groups in total. The van der Waals surface area contributed by atoms with Crippen LogP contribution in [0.2, 0.25) is 0 Å². The summed E-state index contributed by atoms with van der Waals surface area (Å²) in [6.07, 6.45) is 0. The van der Waals surface area contributed by atoms with Crippen LogP contribution in [-0.4, -0.2) is 39.0 Å². The fraction of sp³-hybridized carbons (Fsp3) is 0.312. The number of halogens is 1. The summed E-state index contributed by atoms with van der Waals surface area (Å²) in [6, 6.07) is 10.9. The lowest BCUT2D eigenvalue weighted by Gasteiger charge is -2.25. The molecule has 9 heteroatoms. The molecule has 1 saturated heterocycles. The molecule has 3 rings (SSSR count). The molecule has 25 heavy (non-hydrogen) atoms. The molecule has 6 nitrogen and oxygen atoms in total. The number of nitriles is 1. The summed E-state index contributed by atoms with van der Waals surface area (Å²) in [5.74, 6) is 0. The zero-order chi connectivity index (χ0) is 17.9. The lowest BCUT2D eigenvalue weighted by Crippen LogP contribution is -2.40. The molecule has 0 amide bonds. The molecule has 2 aromatic rings. The SMILES string of the molecule is N#Cc1ccc(NCc2ccc(S(=O)(=O)N3CCOCC3)s2)c(Br)c1. The van der Waals surface area contributed by atoms with Crippen LogP contribution < -0.4 is 5.32 Å². The Kier molecular flexibility index (Phi) is 5.76. The summed E-state index contributed by atoms with van der Waals surface area (Å²) >= 11 is 4.69. The number of ether oxygens (including phenoxy) is 1. The van der Waals surface area contributed by atoms with Gasteiger partial charge in [0.25, 0.3) is 10.0 Å². The molecule has 0 spiro atoms. The lowest BCUT2D eigenvalue weighted by molar-refractivity contribution is 0.0731. The Bertz CT molecular complexity index is 900. The van der Waals surface area contributed by atoms with Crippen molar-refractivity contribution < 1.29 is 13.2 Å². The summed E-state index contributed by atoms with van der Waals surface area (Å²) in [7, 11) is -3.44. The normalized spacial score (nSPS) is 15.7. The standard InChI is InChI=1S/C16H16BrN3O3S2/c17-14-9-12(10-18)1-3-15(14)19-11-13-2-4-16(24-13)25(21,22)20-5-7-23-8-6-20/h1-4,9,19H,5-8,11H2. The van der Waals surface area contributed by atoms with E-state index in [1.807, 2.05) is 12.1 Å². The van der Waals surface area contributed by atoms with Crippen LogP contribution in [0.15, 0.2) is 39.0 Å². The second-order valence-corrected chi connectivity index (χ2v) is 9.58. The average molecular weight is 442 g/mol. The predicted octanol–water partition coefficient (Wildman–Crippen LogP) is 3.02. The highest BCUT2D eigenvalue weighted by atomic mass is 79.9. The molecule has 0 aliphatic carbocycles. The van der Waals surface area contributed by atoms with Crippen molar-refractivity contribution in [2.24, 2.45) is 0 Å². The molecular formula is C16H16BrN3O3S2. The fourth-order valence-corrected chi connectivity index (χ4v) is 5.79. The molecule has 1 aromatic carbocycles. The molecule has 2 heterocycles. The number of morpholine rings is 1. The number of benzene rings is 1. The van der Waals surface area contributed by atoms with Crippen LogP contribution in [0.1, 0.15) is 10.4 Å². The second kappa shape index (κ2) is 7.85. The Morgan fingerprint density at radius 2 is 2.04 bits per heavy atom. The molecule has 0 unspecified atom stereocenters. The van der Waals surface area contributed by atoms with Gasteiger partial charge in [0.2, 0.25) is 0 Å². The van der Waals surface area contributed by atoms with Crippen LogP contribution in [0.3, 0.4) is 0 Å². The van der Waals surface area contributed by atoms with Crippen molar-refractivity contribution in [3.05, 3.63) is 45.2 Å². The van der Waals surface area contributed by atoms with E-state index in [9.17, 15) is 8.42 Å². The maximum atomic E-state index is 12.6. The van der Waals surface area contributed by atoms with Gasteiger partial charge in [-0.1, -0.05) is 0 Å². The van der Waals surface area contributed by atoms with E-state index in [0.29, 0.717) is 42.6 Å². The molecule has 1 fully saturated rings. The van der Waals surface area contributed by atoms with E-state index in [-0.39, 0.29) is 0 Å². The number of hydrogen-bond acceptors (Lipinski definition) is 6. The topological polar surface area (TPSA) is 82.4 Å². The van der Waals surface area contributed by atoms with Gasteiger partial charge in [0.05, 0.1) is 24.8 Å². The lowest BCUT2D eigenvalue weighted by atomic mass is 10.2. The van der Waals surface area contributed by atoms with Crippen LogP contribution in [-0.2, 0) is 21.3 Å². The molecule has 1 aliphatic heterocycles. The minimum atomic E-state index is -3.44. The molecule has 1 aromatic heterocycles. The van der Waals surface area contributed by atoms with E-state index in [0.717, 1.165) is 15.0 Å². The van der Waals surface area contributed by atoms with Crippen molar-refractivity contribution in [2.45, 2.75) is 10.8 Å². The van der Waals surface area contributed by atoms with E-state index in [1.54, 1.807) is 18.2 Å². The van der Waals surface area contributed by atoms with Gasteiger partial charge in [-0.2, -0.15) is 9.57 Å². The molecule has 0 bridgehead atoms. The van der Waals surface area contributed by atoms with Crippen molar-refractivity contribution in [1.82, 2.24) is 4.31 Å². The Hall–Kier alpha value is -1.44. The van der Waals surface area contributed by atoms with Crippen molar-refractivity contribution in [2.75, 3.05) is 31.6 Å². The third-order valence-corrected chi connectivity index (χ3v) is 7.86. The monoisotopic (exact) mass is 441 g/mol. The highest BCUT2D eigenvalue weighted by molar-refractivity contribution is 9.10. The fourth-order valence-electron chi connectivity index (χ4n) is 2.42. The molecular weight excluding hydrogens is 426 g/mol. The first-order valence-corrected chi connectivity index (χ1v) is 10.7. The summed E-state index contributed by atoms with van der Waals surface area (Å²) in [6.45, 7) is 2.17. The Labute approximate surface area is 159 Å². The van der Waals surface area contributed by atoms with Gasteiger partial charge in [0.15, 0.2) is 0 Å². The number of nitrogens with one attached hydrogen (secondary N) is 1. The smallest absolute Gasteiger partial charge is 0.252 e. The highest BCUT2D eigenvalue weighted by Crippen LogP contribution is 2.28. The van der Waals surface area contributed by atoms with Gasteiger partial charge in [-0.25, -0.2) is 8.42 Å². The number of sulfonamides is 1. The average Bonchev–Trinajstić information content (AvgIpc) is 3.11. The zero-order valence-corrected chi connectivity index (χ0v) is 16.5. The van der Waals surface area contributed by atoms with Gasteiger partial charge in [0, 0.05) is 34.7 Å². The van der Waals surface area contributed by atoms with E-state index in [4.69, 9.17) is 10.00 Å². The number of hydrogen-bond donors (Lipinski definition) is 1. The Morgan fingerprint density at radius 1 is 1.28 bits per heavy atom. The first kappa shape index (κ1) is 18.4. The van der Waals surface area contributed by atoms with Gasteiger partial charge in [-0.3, -0.25) is 0 Å². The quantitative estimate of drug-likeness (QED) is 0.770. The van der Waals surface area contributed by atoms with Crippen LogP contribution in [0.5, 0.6) is 0 Å². The summed E-state index contributed by atoms with van der Waals surface area (Å²) < 4.78 is 33.1. The number of rotatable bonds is 5. The van der Waals surface area contributed by atoms with Crippen LogP contribution in [0.4, 0.5) is 5.69 Å². The zero-order valence-electron chi connectivity index (χ0n) is 13.2. The van der Waals surface area contributed by atoms with Crippen molar-refractivity contribution >= 4 is 43.0 Å². The third kappa shape index (κ3) is 4.22. The van der Waals surface area contributed by atoms with Gasteiger partial charge in [-0.15, -0.1) is 11.3 Å². The molecule has 0 radical (unpaired) electrons. The van der Waals surface area contributed by atoms with E-state index >= 15 is 0 Å². The Morgan fingerprint density at radius 3 is 2.72 bits per heavy atom. The van der Waals surface area contributed by atoms with Crippen LogP contribution in [0, 0.1) is 11.3 Å². The van der Waals surface area contributed by atoms with E-state index in [1.165, 1.54) is 15.6 Å². The summed E-state index contributed by atoms with van der Waals surface area (Å²) in [4.78, 5) is 0.920. The summed E-state index contributed by atoms with van der Waals surface area (Å²) in [5, 5.41) is 12.1. The third-order valence-electron chi connectivity index (χ3n) is 3.75. The van der Waals surface area contributed by atoms with Gasteiger partial charge in [-0.05, 0) is 46.3 Å². The largest absolute Gasteiger partial charge is 0.379 e.